The molecule has 0 amide bonds. The second-order valence-corrected chi connectivity index (χ2v) is 5.83. The van der Waals surface area contributed by atoms with Crippen LogP contribution in [0.1, 0.15) is 28.7 Å². The van der Waals surface area contributed by atoms with Gasteiger partial charge in [-0.1, -0.05) is 0 Å². The Hall–Kier alpha value is -3.02. The molecule has 0 bridgehead atoms. The van der Waals surface area contributed by atoms with Crippen LogP contribution in [0, 0.1) is 13.8 Å². The second-order valence-electron chi connectivity index (χ2n) is 5.83. The second kappa shape index (κ2) is 5.88. The van der Waals surface area contributed by atoms with Crippen molar-refractivity contribution in [3.63, 3.8) is 0 Å². The van der Waals surface area contributed by atoms with Crippen molar-refractivity contribution in [2.45, 2.75) is 27.3 Å². The van der Waals surface area contributed by atoms with Crippen LogP contribution in [0.2, 0.25) is 0 Å². The molecule has 2 heterocycles. The Morgan fingerprint density at radius 2 is 1.79 bits per heavy atom. The number of carboxylic acids is 1. The first-order chi connectivity index (χ1) is 11.4. The number of carbonyl (C=O) groups is 2. The lowest BCUT2D eigenvalue weighted by Gasteiger charge is -2.08. The van der Waals surface area contributed by atoms with Crippen LogP contribution in [0.3, 0.4) is 0 Å². The molecule has 0 atom stereocenters. The fourth-order valence-electron chi connectivity index (χ4n) is 2.92. The zero-order chi connectivity index (χ0) is 17.4. The molecule has 6 heteroatoms. The summed E-state index contributed by atoms with van der Waals surface area (Å²) in [6.45, 7) is 5.02. The van der Waals surface area contributed by atoms with E-state index in [0.29, 0.717) is 11.4 Å². The maximum atomic E-state index is 12.0. The van der Waals surface area contributed by atoms with Crippen molar-refractivity contribution in [3.8, 4) is 11.1 Å². The minimum Gasteiger partial charge on any atom is -0.480 e. The summed E-state index contributed by atoms with van der Waals surface area (Å²) >= 11 is 0. The Morgan fingerprint density at radius 3 is 2.38 bits per heavy atom. The van der Waals surface area contributed by atoms with Gasteiger partial charge in [-0.3, -0.25) is 9.59 Å². The third kappa shape index (κ3) is 2.78. The van der Waals surface area contributed by atoms with Gasteiger partial charge in [-0.05, 0) is 44.0 Å². The normalized spacial score (nSPS) is 11.0. The smallest absolute Gasteiger partial charge is 0.323 e. The number of Topliss-reactive ketones (excluding diaryl/α,β-unsaturated/α-hetero) is 1. The van der Waals surface area contributed by atoms with E-state index in [1.54, 1.807) is 23.2 Å². The van der Waals surface area contributed by atoms with Crippen LogP contribution in [0.5, 0.6) is 0 Å². The monoisotopic (exact) mass is 323 g/mol. The Balaban J connectivity index is 2.26. The number of carbonyl (C=O) groups excluding carboxylic acids is 1. The lowest BCUT2D eigenvalue weighted by atomic mass is 10.0. The number of nitrogens with zero attached hydrogens (tertiary/aromatic N) is 3. The van der Waals surface area contributed by atoms with E-state index in [9.17, 15) is 9.59 Å². The Labute approximate surface area is 138 Å². The van der Waals surface area contributed by atoms with Gasteiger partial charge in [0.15, 0.2) is 5.78 Å². The van der Waals surface area contributed by atoms with Gasteiger partial charge in [-0.15, -0.1) is 0 Å². The molecule has 0 saturated heterocycles. The number of fused-ring (bicyclic) bond motifs is 1. The van der Waals surface area contributed by atoms with E-state index < -0.39 is 5.97 Å². The summed E-state index contributed by atoms with van der Waals surface area (Å²) in [5.74, 6) is -0.355. The highest BCUT2D eigenvalue weighted by Crippen LogP contribution is 2.31. The first-order valence-corrected chi connectivity index (χ1v) is 7.52. The van der Waals surface area contributed by atoms with Crippen molar-refractivity contribution in [2.75, 3.05) is 0 Å². The van der Waals surface area contributed by atoms with Crippen molar-refractivity contribution in [3.05, 3.63) is 47.7 Å². The van der Waals surface area contributed by atoms with E-state index in [1.807, 2.05) is 26.0 Å². The number of aromatic nitrogens is 3. The highest BCUT2D eigenvalue weighted by atomic mass is 16.4. The van der Waals surface area contributed by atoms with Gasteiger partial charge in [0.1, 0.15) is 12.4 Å². The summed E-state index contributed by atoms with van der Waals surface area (Å²) < 4.78 is 1.61. The number of hydrogen-bond donors (Lipinski definition) is 1. The molecule has 0 aliphatic rings. The molecular weight excluding hydrogens is 306 g/mol. The predicted octanol–water partition coefficient (Wildman–Crippen LogP) is 3.00. The maximum Gasteiger partial charge on any atom is 0.323 e. The van der Waals surface area contributed by atoms with Crippen LogP contribution < -0.4 is 0 Å². The SMILES string of the molecule is CC(=O)c1cn(CC(=O)O)c2c(C)cc(-c3cnc(C)nc3)cc12. The summed E-state index contributed by atoms with van der Waals surface area (Å²) in [7, 11) is 0. The minimum absolute atomic E-state index is 0.0964. The highest BCUT2D eigenvalue weighted by Gasteiger charge is 2.17. The van der Waals surface area contributed by atoms with E-state index in [1.165, 1.54) is 6.92 Å². The largest absolute Gasteiger partial charge is 0.480 e. The minimum atomic E-state index is -0.947. The molecular formula is C18H17N3O3. The van der Waals surface area contributed by atoms with Gasteiger partial charge in [-0.2, -0.15) is 0 Å². The lowest BCUT2D eigenvalue weighted by molar-refractivity contribution is -0.137. The standard InChI is InChI=1S/C18H17N3O3/c1-10-4-13(14-6-19-12(3)20-7-14)5-15-16(11(2)22)8-21(18(10)15)9-17(23)24/h4-8H,9H2,1-3H3,(H,23,24). The molecule has 122 valence electrons. The molecule has 24 heavy (non-hydrogen) atoms. The van der Waals surface area contributed by atoms with Crippen LogP contribution in [0.25, 0.3) is 22.0 Å². The molecule has 1 aromatic carbocycles. The molecule has 0 radical (unpaired) electrons. The van der Waals surface area contributed by atoms with Crippen molar-refractivity contribution >= 4 is 22.7 Å². The van der Waals surface area contributed by atoms with Gasteiger partial charge >= 0.3 is 5.97 Å². The van der Waals surface area contributed by atoms with Gasteiger partial charge in [0.25, 0.3) is 0 Å². The molecule has 0 fully saturated rings. The molecule has 0 unspecified atom stereocenters. The predicted molar refractivity (Wildman–Crippen MR) is 90.1 cm³/mol. The van der Waals surface area contributed by atoms with Crippen LogP contribution >= 0.6 is 0 Å². The van der Waals surface area contributed by atoms with E-state index in [4.69, 9.17) is 5.11 Å². The van der Waals surface area contributed by atoms with Gasteiger partial charge < -0.3 is 9.67 Å². The summed E-state index contributed by atoms with van der Waals surface area (Å²) in [6, 6.07) is 3.85. The van der Waals surface area contributed by atoms with Gasteiger partial charge in [0.2, 0.25) is 0 Å². The number of aryl methyl sites for hydroxylation is 2. The van der Waals surface area contributed by atoms with Gasteiger partial charge in [-0.25, -0.2) is 9.97 Å². The number of carboxylic acid groups (broad SMARTS) is 1. The maximum absolute atomic E-state index is 12.0. The van der Waals surface area contributed by atoms with Crippen molar-refractivity contribution < 1.29 is 14.7 Å². The Morgan fingerprint density at radius 1 is 1.12 bits per heavy atom. The quantitative estimate of drug-likeness (QED) is 0.746. The van der Waals surface area contributed by atoms with Gasteiger partial charge in [0, 0.05) is 35.1 Å². The van der Waals surface area contributed by atoms with Crippen LogP contribution in [0.15, 0.2) is 30.7 Å². The molecule has 0 aliphatic heterocycles. The fourth-order valence-corrected chi connectivity index (χ4v) is 2.92. The average Bonchev–Trinajstić information content (AvgIpc) is 2.86. The zero-order valence-electron chi connectivity index (χ0n) is 13.7. The van der Waals surface area contributed by atoms with E-state index in [2.05, 4.69) is 9.97 Å². The number of rotatable bonds is 4. The van der Waals surface area contributed by atoms with Crippen molar-refractivity contribution in [2.24, 2.45) is 0 Å². The first kappa shape index (κ1) is 15.9. The molecule has 0 aliphatic carbocycles. The zero-order valence-corrected chi connectivity index (χ0v) is 13.7. The molecule has 0 saturated carbocycles. The summed E-state index contributed by atoms with van der Waals surface area (Å²) in [5, 5.41) is 9.85. The molecule has 3 aromatic rings. The number of aliphatic carboxylic acids is 1. The topological polar surface area (TPSA) is 85.1 Å². The van der Waals surface area contributed by atoms with Gasteiger partial charge in [0.05, 0.1) is 5.52 Å². The number of ketones is 1. The number of hydrogen-bond acceptors (Lipinski definition) is 4. The van der Waals surface area contributed by atoms with E-state index in [0.717, 1.165) is 27.6 Å². The van der Waals surface area contributed by atoms with E-state index in [-0.39, 0.29) is 12.3 Å². The Bertz CT molecular complexity index is 956. The third-order valence-electron chi connectivity index (χ3n) is 3.96. The fraction of sp³-hybridized carbons (Fsp3) is 0.222. The van der Waals surface area contributed by atoms with E-state index >= 15 is 0 Å². The average molecular weight is 323 g/mol. The third-order valence-corrected chi connectivity index (χ3v) is 3.96. The molecule has 3 rings (SSSR count). The summed E-state index contributed by atoms with van der Waals surface area (Å²) in [4.78, 5) is 31.5. The van der Waals surface area contributed by atoms with Crippen LogP contribution in [-0.4, -0.2) is 31.4 Å². The highest BCUT2D eigenvalue weighted by molar-refractivity contribution is 6.08. The van der Waals surface area contributed by atoms with Crippen molar-refractivity contribution in [1.29, 1.82) is 0 Å². The van der Waals surface area contributed by atoms with Crippen molar-refractivity contribution in [1.82, 2.24) is 14.5 Å². The first-order valence-electron chi connectivity index (χ1n) is 7.52. The lowest BCUT2D eigenvalue weighted by Crippen LogP contribution is -2.08. The summed E-state index contributed by atoms with van der Waals surface area (Å²) in [6.07, 6.45) is 5.10. The van der Waals surface area contributed by atoms with Crippen LogP contribution in [-0.2, 0) is 11.3 Å². The molecule has 6 nitrogen and oxygen atoms in total. The summed E-state index contributed by atoms with van der Waals surface area (Å²) in [5.41, 5.74) is 3.93. The van der Waals surface area contributed by atoms with Crippen LogP contribution in [0.4, 0.5) is 0 Å². The number of benzene rings is 1. The molecule has 0 spiro atoms. The Kier molecular flexibility index (Phi) is 3.89. The molecule has 1 N–H and O–H groups in total. The molecule has 2 aromatic heterocycles.